The van der Waals surface area contributed by atoms with Gasteiger partial charge < -0.3 is 16.5 Å². The van der Waals surface area contributed by atoms with E-state index in [0.717, 1.165) is 24.2 Å². The van der Waals surface area contributed by atoms with E-state index in [0.29, 0.717) is 6.54 Å². The Kier molecular flexibility index (Phi) is 3.91. The highest BCUT2D eigenvalue weighted by Gasteiger charge is 2.42. The lowest BCUT2D eigenvalue weighted by atomic mass is 9.71. The summed E-state index contributed by atoms with van der Waals surface area (Å²) in [5, 5.41) is 15.7. The van der Waals surface area contributed by atoms with Crippen molar-refractivity contribution < 1.29 is 0 Å². The maximum atomic E-state index is 5.59. The molecule has 0 radical (unpaired) electrons. The summed E-state index contributed by atoms with van der Waals surface area (Å²) < 4.78 is 0. The molecule has 3 atom stereocenters. The number of nitrogens with one attached hydrogen (secondary N) is 3. The molecule has 6 nitrogen and oxygen atoms in total. The first-order valence-corrected chi connectivity index (χ1v) is 9.71. The predicted octanol–water partition coefficient (Wildman–Crippen LogP) is 1.96. The van der Waals surface area contributed by atoms with E-state index in [-0.39, 0.29) is 18.0 Å². The number of H-pyrrole nitrogens is 1. The molecule has 2 aliphatic heterocycles. The second kappa shape index (κ2) is 6.43. The Labute approximate surface area is 159 Å². The molecule has 138 valence electrons. The van der Waals surface area contributed by atoms with Crippen molar-refractivity contribution in [3.05, 3.63) is 52.0 Å². The molecule has 0 spiro atoms. The van der Waals surface area contributed by atoms with Crippen molar-refractivity contribution in [1.82, 2.24) is 20.9 Å². The average Bonchev–Trinajstić information content (AvgIpc) is 3.31. The molecule has 1 aromatic heterocycles. The number of aryl methyl sites for hydroxylation is 1. The van der Waals surface area contributed by atoms with E-state index < -0.39 is 0 Å². The van der Waals surface area contributed by atoms with Crippen molar-refractivity contribution >= 4 is 5.71 Å². The molecule has 0 amide bonds. The smallest absolute Gasteiger partial charge is 0.120 e. The van der Waals surface area contributed by atoms with Gasteiger partial charge in [-0.2, -0.15) is 10.2 Å². The minimum absolute atomic E-state index is 0.172. The summed E-state index contributed by atoms with van der Waals surface area (Å²) >= 11 is 0. The third-order valence-corrected chi connectivity index (χ3v) is 6.04. The van der Waals surface area contributed by atoms with Crippen LogP contribution in [0.1, 0.15) is 43.0 Å². The van der Waals surface area contributed by atoms with Crippen LogP contribution in [-0.2, 0) is 0 Å². The fraction of sp³-hybridized carbons (Fsp3) is 0.429. The molecule has 0 aromatic carbocycles. The highest BCUT2D eigenvalue weighted by molar-refractivity contribution is 6.06. The van der Waals surface area contributed by atoms with Gasteiger partial charge >= 0.3 is 0 Å². The predicted molar refractivity (Wildman–Crippen MR) is 106 cm³/mol. The number of rotatable bonds is 1. The van der Waals surface area contributed by atoms with E-state index in [1.165, 1.54) is 40.8 Å². The van der Waals surface area contributed by atoms with Gasteiger partial charge in [-0.15, -0.1) is 0 Å². The van der Waals surface area contributed by atoms with E-state index in [2.05, 4.69) is 57.0 Å². The van der Waals surface area contributed by atoms with Crippen molar-refractivity contribution in [3.8, 4) is 11.8 Å². The molecule has 0 saturated heterocycles. The van der Waals surface area contributed by atoms with Crippen LogP contribution in [0.2, 0.25) is 0 Å². The molecule has 0 saturated carbocycles. The van der Waals surface area contributed by atoms with Gasteiger partial charge in [-0.05, 0) is 61.3 Å². The van der Waals surface area contributed by atoms with Gasteiger partial charge in [0.15, 0.2) is 0 Å². The summed E-state index contributed by atoms with van der Waals surface area (Å²) in [7, 11) is 0. The zero-order valence-electron chi connectivity index (χ0n) is 15.5. The van der Waals surface area contributed by atoms with Crippen LogP contribution < -0.4 is 16.5 Å². The number of nitrogens with zero attached hydrogens (tertiary/aromatic N) is 2. The molecule has 1 aromatic rings. The molecule has 5 rings (SSSR count). The Morgan fingerprint density at radius 1 is 1.30 bits per heavy atom. The van der Waals surface area contributed by atoms with Crippen molar-refractivity contribution in [1.29, 1.82) is 0 Å². The van der Waals surface area contributed by atoms with Gasteiger partial charge in [-0.3, -0.25) is 5.10 Å². The number of aromatic amines is 1. The van der Waals surface area contributed by atoms with Gasteiger partial charge in [0, 0.05) is 17.0 Å². The minimum Gasteiger partial charge on any atom is -0.374 e. The normalized spacial score (nSPS) is 28.4. The molecule has 3 unspecified atom stereocenters. The SMILES string of the molecule is Cc1[nH]ncc1C1NC2=C(C3=C1CCCC3)C1C(C#CCN)=NNC1C=C2. The number of aromatic nitrogens is 2. The van der Waals surface area contributed by atoms with Crippen molar-refractivity contribution in [3.63, 3.8) is 0 Å². The number of nitrogens with two attached hydrogens (primary N) is 1. The highest BCUT2D eigenvalue weighted by atomic mass is 15.3. The van der Waals surface area contributed by atoms with E-state index in [1.54, 1.807) is 0 Å². The summed E-state index contributed by atoms with van der Waals surface area (Å²) in [6.07, 6.45) is 11.1. The van der Waals surface area contributed by atoms with Gasteiger partial charge in [-0.25, -0.2) is 0 Å². The lowest BCUT2D eigenvalue weighted by molar-refractivity contribution is 0.523. The lowest BCUT2D eigenvalue weighted by Crippen LogP contribution is -2.39. The Balaban J connectivity index is 1.62. The van der Waals surface area contributed by atoms with E-state index >= 15 is 0 Å². The van der Waals surface area contributed by atoms with Gasteiger partial charge in [0.05, 0.1) is 30.7 Å². The van der Waals surface area contributed by atoms with E-state index in [4.69, 9.17) is 5.73 Å². The van der Waals surface area contributed by atoms with Gasteiger partial charge in [0.1, 0.15) is 5.71 Å². The van der Waals surface area contributed by atoms with Crippen LogP contribution in [0.25, 0.3) is 0 Å². The zero-order valence-corrected chi connectivity index (χ0v) is 15.5. The minimum atomic E-state index is 0.172. The van der Waals surface area contributed by atoms with Crippen LogP contribution in [0.3, 0.4) is 0 Å². The van der Waals surface area contributed by atoms with Crippen LogP contribution in [0.15, 0.2) is 45.9 Å². The van der Waals surface area contributed by atoms with Gasteiger partial charge in [0.2, 0.25) is 0 Å². The summed E-state index contributed by atoms with van der Waals surface area (Å²) in [5.74, 6) is 6.35. The third-order valence-electron chi connectivity index (χ3n) is 6.04. The van der Waals surface area contributed by atoms with Crippen LogP contribution in [-0.4, -0.2) is 28.5 Å². The molecular weight excluding hydrogens is 336 g/mol. The number of hydrogen-bond acceptors (Lipinski definition) is 5. The summed E-state index contributed by atoms with van der Waals surface area (Å²) in [6, 6.07) is 0.374. The molecule has 3 heterocycles. The Morgan fingerprint density at radius 3 is 3.00 bits per heavy atom. The Hall–Kier alpha value is -2.78. The number of dihydropyridines is 1. The van der Waals surface area contributed by atoms with E-state index in [1.807, 2.05) is 6.20 Å². The Bertz CT molecular complexity index is 964. The van der Waals surface area contributed by atoms with Gasteiger partial charge in [-0.1, -0.05) is 12.0 Å². The molecule has 0 bridgehead atoms. The fourth-order valence-electron chi connectivity index (χ4n) is 4.82. The lowest BCUT2D eigenvalue weighted by Gasteiger charge is -2.40. The van der Waals surface area contributed by atoms with Gasteiger partial charge in [0.25, 0.3) is 0 Å². The number of allylic oxidation sites excluding steroid dienone is 2. The molecule has 5 N–H and O–H groups in total. The van der Waals surface area contributed by atoms with Crippen LogP contribution >= 0.6 is 0 Å². The maximum Gasteiger partial charge on any atom is 0.120 e. The molecule has 6 heteroatoms. The number of fused-ring (bicyclic) bond motifs is 3. The first-order chi connectivity index (χ1) is 13.3. The van der Waals surface area contributed by atoms with Crippen molar-refractivity contribution in [2.24, 2.45) is 16.8 Å². The highest BCUT2D eigenvalue weighted by Crippen LogP contribution is 2.47. The van der Waals surface area contributed by atoms with Crippen LogP contribution in [0.4, 0.5) is 0 Å². The number of hydrazone groups is 1. The third kappa shape index (κ3) is 2.54. The second-order valence-corrected chi connectivity index (χ2v) is 7.56. The molecular formula is C21H24N6. The van der Waals surface area contributed by atoms with E-state index in [9.17, 15) is 0 Å². The van der Waals surface area contributed by atoms with Crippen molar-refractivity contribution in [2.75, 3.05) is 6.54 Å². The van der Waals surface area contributed by atoms with Crippen LogP contribution in [0.5, 0.6) is 0 Å². The average molecular weight is 360 g/mol. The summed E-state index contributed by atoms with van der Waals surface area (Å²) in [5.41, 5.74) is 17.7. The zero-order chi connectivity index (χ0) is 18.4. The quantitative estimate of drug-likeness (QED) is 0.576. The summed E-state index contributed by atoms with van der Waals surface area (Å²) in [4.78, 5) is 0. The van der Waals surface area contributed by atoms with Crippen molar-refractivity contribution in [2.45, 2.75) is 44.7 Å². The molecule has 27 heavy (non-hydrogen) atoms. The maximum absolute atomic E-state index is 5.59. The topological polar surface area (TPSA) is 91.1 Å². The number of hydrogen-bond donors (Lipinski definition) is 4. The largest absolute Gasteiger partial charge is 0.374 e. The molecule has 0 fully saturated rings. The molecule has 4 aliphatic rings. The summed E-state index contributed by atoms with van der Waals surface area (Å²) in [6.45, 7) is 2.45. The Morgan fingerprint density at radius 2 is 2.19 bits per heavy atom. The standard InChI is InChI=1S/C21H24N6/c1-12-15(11-23-25-12)21-14-6-3-2-5-13(14)19-16(24-21)8-9-18-20(19)17(26-27-18)7-4-10-22/h8-9,11,18,20-21,24,27H,2-3,5-6,10,22H2,1H3,(H,23,25). The van der Waals surface area contributed by atoms with Crippen LogP contribution in [0, 0.1) is 24.7 Å². The first-order valence-electron chi connectivity index (χ1n) is 9.71. The first kappa shape index (κ1) is 16.4. The second-order valence-electron chi connectivity index (χ2n) is 7.56. The molecule has 2 aliphatic carbocycles. The monoisotopic (exact) mass is 360 g/mol. The fourth-order valence-corrected chi connectivity index (χ4v) is 4.82.